The van der Waals surface area contributed by atoms with Crippen molar-refractivity contribution in [3.05, 3.63) is 53.7 Å². The van der Waals surface area contributed by atoms with Crippen molar-refractivity contribution in [3.63, 3.8) is 0 Å². The molecule has 1 atom stereocenters. The van der Waals surface area contributed by atoms with Gasteiger partial charge >= 0.3 is 0 Å². The van der Waals surface area contributed by atoms with Gasteiger partial charge in [-0.25, -0.2) is 4.98 Å². The molecule has 3 heterocycles. The van der Waals surface area contributed by atoms with Crippen LogP contribution in [0.15, 0.2) is 36.5 Å². The minimum Gasteiger partial charge on any atom is -0.357 e. The summed E-state index contributed by atoms with van der Waals surface area (Å²) < 4.78 is 1.99. The third kappa shape index (κ3) is 2.73. The number of nitrogens with zero attached hydrogens (tertiary/aromatic N) is 2. The summed E-state index contributed by atoms with van der Waals surface area (Å²) in [5, 5.41) is 4.06. The molecule has 1 aliphatic rings. The molecule has 2 aromatic heterocycles. The van der Waals surface area contributed by atoms with Gasteiger partial charge in [0.2, 0.25) is 0 Å². The number of rotatable bonds is 3. The molecule has 0 bridgehead atoms. The van der Waals surface area contributed by atoms with Crippen LogP contribution in [0, 0.1) is 0 Å². The summed E-state index contributed by atoms with van der Waals surface area (Å²) in [5.41, 5.74) is 8.47. The topological polar surface area (TPSA) is 88.7 Å². The van der Waals surface area contributed by atoms with E-state index < -0.39 is 0 Å². The Balaban J connectivity index is 1.45. The predicted octanol–water partition coefficient (Wildman–Crippen LogP) is 1.57. The lowest BCUT2D eigenvalue weighted by molar-refractivity contribution is 0.0945. The quantitative estimate of drug-likeness (QED) is 0.686. The molecule has 0 saturated carbocycles. The third-order valence-electron chi connectivity index (χ3n) is 4.29. The standard InChI is InChI=1S/C17H19N5O/c18-12-5-6-16-21-15(10-22(16)9-12)17(23)19-8-13-7-11-3-1-2-4-14(11)20-13/h1-4,7,10,12,20H,5-6,8-9,18H2,(H,19,23). The number of aromatic amines is 1. The highest BCUT2D eigenvalue weighted by Crippen LogP contribution is 2.16. The normalized spacial score (nSPS) is 17.2. The average Bonchev–Trinajstić information content (AvgIpc) is 3.15. The SMILES string of the molecule is NC1CCc2nc(C(=O)NCc3cc4ccccc4[nH]3)cn2C1. The Morgan fingerprint density at radius 1 is 1.43 bits per heavy atom. The largest absolute Gasteiger partial charge is 0.357 e. The molecule has 0 aliphatic carbocycles. The van der Waals surface area contributed by atoms with Crippen molar-refractivity contribution in [2.24, 2.45) is 5.73 Å². The summed E-state index contributed by atoms with van der Waals surface area (Å²) in [5.74, 6) is 0.793. The van der Waals surface area contributed by atoms with E-state index in [1.54, 1.807) is 6.20 Å². The zero-order valence-electron chi connectivity index (χ0n) is 12.7. The first-order chi connectivity index (χ1) is 11.2. The molecule has 1 unspecified atom stereocenters. The van der Waals surface area contributed by atoms with Gasteiger partial charge in [0.15, 0.2) is 0 Å². The molecule has 1 aliphatic heterocycles. The van der Waals surface area contributed by atoms with E-state index in [2.05, 4.69) is 15.3 Å². The molecule has 4 N–H and O–H groups in total. The van der Waals surface area contributed by atoms with Crippen molar-refractivity contribution in [1.82, 2.24) is 19.9 Å². The lowest BCUT2D eigenvalue weighted by atomic mass is 10.1. The summed E-state index contributed by atoms with van der Waals surface area (Å²) in [4.78, 5) is 20.0. The van der Waals surface area contributed by atoms with Crippen molar-refractivity contribution < 1.29 is 4.79 Å². The second-order valence-corrected chi connectivity index (χ2v) is 6.06. The number of H-pyrrole nitrogens is 1. The minimum atomic E-state index is -0.154. The first-order valence-electron chi connectivity index (χ1n) is 7.85. The van der Waals surface area contributed by atoms with E-state index in [1.807, 2.05) is 34.9 Å². The summed E-state index contributed by atoms with van der Waals surface area (Å²) in [6.07, 6.45) is 3.55. The Morgan fingerprint density at radius 3 is 3.17 bits per heavy atom. The Bertz CT molecular complexity index is 830. The van der Waals surface area contributed by atoms with Crippen LogP contribution in [-0.2, 0) is 19.5 Å². The second-order valence-electron chi connectivity index (χ2n) is 6.06. The van der Waals surface area contributed by atoms with Crippen LogP contribution in [-0.4, -0.2) is 26.5 Å². The number of amides is 1. The molecular weight excluding hydrogens is 290 g/mol. The Kier molecular flexibility index (Phi) is 3.38. The second kappa shape index (κ2) is 5.55. The number of carbonyl (C=O) groups is 1. The first-order valence-corrected chi connectivity index (χ1v) is 7.85. The molecule has 0 saturated heterocycles. The molecule has 118 valence electrons. The van der Waals surface area contributed by atoms with Crippen LogP contribution in [0.4, 0.5) is 0 Å². The van der Waals surface area contributed by atoms with Gasteiger partial charge in [0.05, 0.1) is 6.54 Å². The highest BCUT2D eigenvalue weighted by Gasteiger charge is 2.20. The molecule has 6 heteroatoms. The van der Waals surface area contributed by atoms with Crippen molar-refractivity contribution in [2.45, 2.75) is 32.0 Å². The number of para-hydroxylation sites is 1. The van der Waals surface area contributed by atoms with E-state index in [0.717, 1.165) is 41.8 Å². The van der Waals surface area contributed by atoms with E-state index in [9.17, 15) is 4.79 Å². The van der Waals surface area contributed by atoms with Crippen LogP contribution in [0.1, 0.15) is 28.4 Å². The number of imidazole rings is 1. The molecule has 23 heavy (non-hydrogen) atoms. The van der Waals surface area contributed by atoms with Gasteiger partial charge in [0.25, 0.3) is 5.91 Å². The molecular formula is C17H19N5O. The monoisotopic (exact) mass is 309 g/mol. The lowest BCUT2D eigenvalue weighted by Gasteiger charge is -2.19. The molecule has 4 rings (SSSR count). The number of carbonyl (C=O) groups excluding carboxylic acids is 1. The smallest absolute Gasteiger partial charge is 0.271 e. The average molecular weight is 309 g/mol. The number of hydrogen-bond acceptors (Lipinski definition) is 3. The van der Waals surface area contributed by atoms with Crippen LogP contribution in [0.2, 0.25) is 0 Å². The van der Waals surface area contributed by atoms with Gasteiger partial charge in [-0.1, -0.05) is 18.2 Å². The molecule has 0 spiro atoms. The first kappa shape index (κ1) is 14.0. The zero-order chi connectivity index (χ0) is 15.8. The number of aryl methyl sites for hydroxylation is 1. The molecule has 3 aromatic rings. The number of fused-ring (bicyclic) bond motifs is 2. The number of aromatic nitrogens is 3. The lowest BCUT2D eigenvalue weighted by Crippen LogP contribution is -2.31. The van der Waals surface area contributed by atoms with Gasteiger partial charge in [-0.05, 0) is 23.9 Å². The fraction of sp³-hybridized carbons (Fsp3) is 0.294. The van der Waals surface area contributed by atoms with E-state index >= 15 is 0 Å². The van der Waals surface area contributed by atoms with E-state index in [4.69, 9.17) is 5.73 Å². The van der Waals surface area contributed by atoms with Crippen molar-refractivity contribution in [3.8, 4) is 0 Å². The fourth-order valence-electron chi connectivity index (χ4n) is 3.07. The molecule has 0 radical (unpaired) electrons. The predicted molar refractivity (Wildman–Crippen MR) is 88.0 cm³/mol. The van der Waals surface area contributed by atoms with Gasteiger partial charge in [0.1, 0.15) is 11.5 Å². The van der Waals surface area contributed by atoms with Gasteiger partial charge < -0.3 is 20.6 Å². The number of nitrogens with two attached hydrogens (primary N) is 1. The Labute approximate surface area is 133 Å². The third-order valence-corrected chi connectivity index (χ3v) is 4.29. The molecule has 0 fully saturated rings. The van der Waals surface area contributed by atoms with Crippen LogP contribution in [0.5, 0.6) is 0 Å². The van der Waals surface area contributed by atoms with Crippen molar-refractivity contribution in [1.29, 1.82) is 0 Å². The van der Waals surface area contributed by atoms with E-state index in [-0.39, 0.29) is 11.9 Å². The van der Waals surface area contributed by atoms with E-state index in [0.29, 0.717) is 12.2 Å². The minimum absolute atomic E-state index is 0.152. The zero-order valence-corrected chi connectivity index (χ0v) is 12.7. The van der Waals surface area contributed by atoms with Crippen LogP contribution in [0.3, 0.4) is 0 Å². The number of nitrogens with one attached hydrogen (secondary N) is 2. The fourth-order valence-corrected chi connectivity index (χ4v) is 3.07. The highest BCUT2D eigenvalue weighted by atomic mass is 16.1. The summed E-state index contributed by atoms with van der Waals surface area (Å²) in [7, 11) is 0. The van der Waals surface area contributed by atoms with Gasteiger partial charge in [-0.3, -0.25) is 4.79 Å². The van der Waals surface area contributed by atoms with Gasteiger partial charge in [-0.2, -0.15) is 0 Å². The Morgan fingerprint density at radius 2 is 2.30 bits per heavy atom. The van der Waals surface area contributed by atoms with Gasteiger partial charge in [0, 0.05) is 36.4 Å². The summed E-state index contributed by atoms with van der Waals surface area (Å²) >= 11 is 0. The summed E-state index contributed by atoms with van der Waals surface area (Å²) in [6.45, 7) is 1.19. The van der Waals surface area contributed by atoms with Crippen LogP contribution < -0.4 is 11.1 Å². The van der Waals surface area contributed by atoms with Crippen LogP contribution >= 0.6 is 0 Å². The van der Waals surface area contributed by atoms with E-state index in [1.165, 1.54) is 0 Å². The maximum absolute atomic E-state index is 12.3. The Hall–Kier alpha value is -2.60. The maximum atomic E-state index is 12.3. The molecule has 6 nitrogen and oxygen atoms in total. The molecule has 1 aromatic carbocycles. The van der Waals surface area contributed by atoms with Crippen molar-refractivity contribution >= 4 is 16.8 Å². The number of hydrogen-bond donors (Lipinski definition) is 3. The summed E-state index contributed by atoms with van der Waals surface area (Å²) in [6, 6.07) is 10.3. The number of benzene rings is 1. The highest BCUT2D eigenvalue weighted by molar-refractivity contribution is 5.92. The van der Waals surface area contributed by atoms with Crippen molar-refractivity contribution in [2.75, 3.05) is 0 Å². The molecule has 1 amide bonds. The van der Waals surface area contributed by atoms with Crippen LogP contribution in [0.25, 0.3) is 10.9 Å². The van der Waals surface area contributed by atoms with Gasteiger partial charge in [-0.15, -0.1) is 0 Å². The maximum Gasteiger partial charge on any atom is 0.271 e.